The van der Waals surface area contributed by atoms with Crippen molar-refractivity contribution in [1.82, 2.24) is 4.98 Å². The second-order valence-corrected chi connectivity index (χ2v) is 12.0. The molecular formula is C25H21N3O10S2. The van der Waals surface area contributed by atoms with Gasteiger partial charge in [-0.2, -0.15) is 0 Å². The van der Waals surface area contributed by atoms with Gasteiger partial charge >= 0.3 is 11.9 Å². The third-order valence-corrected chi connectivity index (χ3v) is 9.19. The van der Waals surface area contributed by atoms with Crippen molar-refractivity contribution in [2.45, 2.75) is 9.79 Å². The van der Waals surface area contributed by atoms with E-state index in [1.54, 1.807) is 0 Å². The summed E-state index contributed by atoms with van der Waals surface area (Å²) in [6.07, 6.45) is 0.944. The molecule has 1 aromatic heterocycles. The molecule has 0 aliphatic rings. The molecule has 4 N–H and O–H groups in total. The highest BCUT2D eigenvalue weighted by Gasteiger charge is 2.33. The number of anilines is 2. The first-order valence-corrected chi connectivity index (χ1v) is 14.2. The number of benzene rings is 3. The zero-order chi connectivity index (χ0) is 29.2. The molecule has 0 saturated heterocycles. The topological polar surface area (TPSA) is 203 Å². The second-order valence-electron chi connectivity index (χ2n) is 8.31. The lowest BCUT2D eigenvalue weighted by atomic mass is 10.1. The Hall–Kier alpha value is -4.89. The molecule has 1 heterocycles. The number of hydrogen-bond donors (Lipinski definition) is 4. The SMILES string of the molecule is O=C(O)CN(c1cnc(N(CC(=O)O)S(=O)(=O)c2ccc(O)cc2)c2ccccc12)S(=O)(=O)c1ccc(O)cc1. The van der Waals surface area contributed by atoms with Crippen molar-refractivity contribution in [2.24, 2.45) is 0 Å². The molecular weight excluding hydrogens is 566 g/mol. The number of carbonyl (C=O) groups is 2. The summed E-state index contributed by atoms with van der Waals surface area (Å²) in [6, 6.07) is 14.5. The largest absolute Gasteiger partial charge is 0.508 e. The van der Waals surface area contributed by atoms with Crippen molar-refractivity contribution in [2.75, 3.05) is 21.7 Å². The Morgan fingerprint density at radius 2 is 1.07 bits per heavy atom. The zero-order valence-corrected chi connectivity index (χ0v) is 21.9. The minimum atomic E-state index is -4.56. The number of aromatic nitrogens is 1. The number of rotatable bonds is 10. The van der Waals surface area contributed by atoms with Crippen LogP contribution < -0.4 is 8.61 Å². The van der Waals surface area contributed by atoms with Gasteiger partial charge in [0.1, 0.15) is 24.6 Å². The number of carboxylic acids is 2. The molecule has 0 unspecified atom stereocenters. The van der Waals surface area contributed by atoms with E-state index in [2.05, 4.69) is 4.98 Å². The van der Waals surface area contributed by atoms with Crippen molar-refractivity contribution in [3.05, 3.63) is 79.0 Å². The molecule has 13 nitrogen and oxygen atoms in total. The van der Waals surface area contributed by atoms with Gasteiger partial charge in [-0.3, -0.25) is 13.9 Å². The number of phenols is 2. The van der Waals surface area contributed by atoms with Gasteiger partial charge in [0, 0.05) is 10.8 Å². The van der Waals surface area contributed by atoms with Crippen LogP contribution in [0.1, 0.15) is 0 Å². The molecule has 0 amide bonds. The van der Waals surface area contributed by atoms with E-state index < -0.39 is 45.1 Å². The summed E-state index contributed by atoms with van der Waals surface area (Å²) in [7, 11) is -9.09. The lowest BCUT2D eigenvalue weighted by Crippen LogP contribution is -2.37. The van der Waals surface area contributed by atoms with Gasteiger partial charge in [-0.25, -0.2) is 26.1 Å². The molecule has 0 saturated carbocycles. The van der Waals surface area contributed by atoms with E-state index in [9.17, 15) is 46.9 Å². The Kier molecular flexibility index (Phi) is 7.53. The standard InChI is InChI=1S/C25H21N3O10S2/c29-16-5-9-18(10-6-16)39(35,36)27(14-23(31)32)22-13-26-25(21-4-2-1-3-20(21)22)28(15-24(33)34)40(37,38)19-11-7-17(30)8-12-19/h1-13,29-30H,14-15H2,(H,31,32)(H,33,34). The zero-order valence-electron chi connectivity index (χ0n) is 20.3. The van der Waals surface area contributed by atoms with E-state index in [1.165, 1.54) is 24.3 Å². The van der Waals surface area contributed by atoms with E-state index in [-0.39, 0.29) is 43.6 Å². The maximum atomic E-state index is 13.5. The Morgan fingerprint density at radius 1 is 0.650 bits per heavy atom. The third kappa shape index (κ3) is 5.45. The van der Waals surface area contributed by atoms with Crippen molar-refractivity contribution in [1.29, 1.82) is 0 Å². The van der Waals surface area contributed by atoms with E-state index >= 15 is 0 Å². The summed E-state index contributed by atoms with van der Waals surface area (Å²) in [5, 5.41) is 38.2. The highest BCUT2D eigenvalue weighted by atomic mass is 32.2. The molecule has 40 heavy (non-hydrogen) atoms. The molecule has 15 heteroatoms. The molecule has 0 radical (unpaired) electrons. The van der Waals surface area contributed by atoms with Crippen LogP contribution in [-0.4, -0.2) is 67.3 Å². The predicted molar refractivity (Wildman–Crippen MR) is 142 cm³/mol. The maximum absolute atomic E-state index is 13.5. The first-order valence-electron chi connectivity index (χ1n) is 11.3. The normalized spacial score (nSPS) is 11.7. The van der Waals surface area contributed by atoms with Gasteiger partial charge in [-0.05, 0) is 48.5 Å². The Bertz CT molecular complexity index is 1670. The molecule has 0 aliphatic heterocycles. The van der Waals surface area contributed by atoms with Crippen molar-refractivity contribution < 1.29 is 46.9 Å². The highest BCUT2D eigenvalue weighted by molar-refractivity contribution is 7.93. The van der Waals surface area contributed by atoms with Crippen LogP contribution in [0.4, 0.5) is 11.5 Å². The fraction of sp³-hybridized carbons (Fsp3) is 0.0800. The number of hydrogen-bond acceptors (Lipinski definition) is 9. The van der Waals surface area contributed by atoms with Crippen LogP contribution >= 0.6 is 0 Å². The minimum absolute atomic E-state index is 0.0138. The van der Waals surface area contributed by atoms with Gasteiger partial charge in [0.2, 0.25) is 0 Å². The molecule has 0 fully saturated rings. The van der Waals surface area contributed by atoms with Crippen LogP contribution in [0.15, 0.2) is 88.8 Å². The number of aromatic hydroxyl groups is 2. The summed E-state index contributed by atoms with van der Waals surface area (Å²) >= 11 is 0. The summed E-state index contributed by atoms with van der Waals surface area (Å²) in [5.41, 5.74) is -0.216. The van der Waals surface area contributed by atoms with E-state index in [0.29, 0.717) is 8.61 Å². The second kappa shape index (κ2) is 10.7. The van der Waals surface area contributed by atoms with E-state index in [0.717, 1.165) is 54.7 Å². The highest BCUT2D eigenvalue weighted by Crippen LogP contribution is 2.37. The van der Waals surface area contributed by atoms with Gasteiger partial charge in [-0.15, -0.1) is 0 Å². The summed E-state index contributed by atoms with van der Waals surface area (Å²) in [5.74, 6) is -3.80. The quantitative estimate of drug-likeness (QED) is 0.212. The Balaban J connectivity index is 1.95. The molecule has 208 valence electrons. The van der Waals surface area contributed by atoms with Crippen LogP contribution in [-0.2, 0) is 29.6 Å². The van der Waals surface area contributed by atoms with Gasteiger partial charge < -0.3 is 20.4 Å². The summed E-state index contributed by atoms with van der Waals surface area (Å²) in [4.78, 5) is 26.9. The maximum Gasteiger partial charge on any atom is 0.324 e. The molecule has 4 aromatic rings. The van der Waals surface area contributed by atoms with Gasteiger partial charge in [0.15, 0.2) is 5.82 Å². The summed E-state index contributed by atoms with van der Waals surface area (Å²) < 4.78 is 55.1. The van der Waals surface area contributed by atoms with Gasteiger partial charge in [0.05, 0.1) is 21.7 Å². The fourth-order valence-electron chi connectivity index (χ4n) is 3.87. The van der Waals surface area contributed by atoms with E-state index in [1.807, 2.05) is 0 Å². The molecule has 0 aliphatic carbocycles. The molecule has 0 spiro atoms. The Labute approximate surface area is 227 Å². The predicted octanol–water partition coefficient (Wildman–Crippen LogP) is 2.21. The molecule has 0 bridgehead atoms. The lowest BCUT2D eigenvalue weighted by molar-refractivity contribution is -0.136. The minimum Gasteiger partial charge on any atom is -0.508 e. The van der Waals surface area contributed by atoms with Crippen molar-refractivity contribution >= 4 is 54.3 Å². The number of sulfonamides is 2. The summed E-state index contributed by atoms with van der Waals surface area (Å²) in [6.45, 7) is -2.08. The monoisotopic (exact) mass is 587 g/mol. The number of aliphatic carboxylic acids is 2. The van der Waals surface area contributed by atoms with Crippen LogP contribution in [0.25, 0.3) is 10.8 Å². The number of phenolic OH excluding ortho intramolecular Hbond substituents is 2. The smallest absolute Gasteiger partial charge is 0.324 e. The first kappa shape index (κ1) is 28.1. The molecule has 4 rings (SSSR count). The number of nitrogens with zero attached hydrogens (tertiary/aromatic N) is 3. The number of pyridine rings is 1. The van der Waals surface area contributed by atoms with Crippen molar-refractivity contribution in [3.63, 3.8) is 0 Å². The molecule has 3 aromatic carbocycles. The third-order valence-electron chi connectivity index (χ3n) is 5.67. The Morgan fingerprint density at radius 3 is 1.55 bits per heavy atom. The van der Waals surface area contributed by atoms with E-state index in [4.69, 9.17) is 0 Å². The number of carboxylic acid groups (broad SMARTS) is 2. The molecule has 0 atom stereocenters. The van der Waals surface area contributed by atoms with Crippen molar-refractivity contribution in [3.8, 4) is 11.5 Å². The van der Waals surface area contributed by atoms with Gasteiger partial charge in [0.25, 0.3) is 20.0 Å². The first-order chi connectivity index (χ1) is 18.8. The fourth-order valence-corrected chi connectivity index (χ4v) is 6.68. The lowest BCUT2D eigenvalue weighted by Gasteiger charge is -2.27. The van der Waals surface area contributed by atoms with Crippen LogP contribution in [0.3, 0.4) is 0 Å². The van der Waals surface area contributed by atoms with Gasteiger partial charge in [-0.1, -0.05) is 24.3 Å². The van der Waals surface area contributed by atoms with Crippen LogP contribution in [0, 0.1) is 0 Å². The average molecular weight is 588 g/mol. The van der Waals surface area contributed by atoms with Crippen LogP contribution in [0.2, 0.25) is 0 Å². The number of fused-ring (bicyclic) bond motifs is 1. The van der Waals surface area contributed by atoms with Crippen LogP contribution in [0.5, 0.6) is 11.5 Å². The average Bonchev–Trinajstić information content (AvgIpc) is 2.90.